The molecule has 0 saturated carbocycles. The zero-order chi connectivity index (χ0) is 14.7. The van der Waals surface area contributed by atoms with Crippen LogP contribution >= 0.6 is 11.3 Å². The second kappa shape index (κ2) is 6.66. The molecular weight excluding hydrogens is 282 g/mol. The molecule has 0 spiro atoms. The first-order valence-corrected chi connectivity index (χ1v) is 8.20. The highest BCUT2D eigenvalue weighted by Crippen LogP contribution is 2.27. The molecule has 1 aliphatic rings. The Kier molecular flexibility index (Phi) is 4.65. The van der Waals surface area contributed by atoms with Crippen molar-refractivity contribution in [2.24, 2.45) is 0 Å². The Morgan fingerprint density at radius 3 is 2.81 bits per heavy atom. The van der Waals surface area contributed by atoms with E-state index in [2.05, 4.69) is 46.7 Å². The minimum atomic E-state index is 0.212. The molecule has 1 saturated heterocycles. The van der Waals surface area contributed by atoms with Crippen LogP contribution in [0.5, 0.6) is 0 Å². The Morgan fingerprint density at radius 1 is 1.38 bits per heavy atom. The van der Waals surface area contributed by atoms with Crippen LogP contribution in [0.4, 0.5) is 0 Å². The quantitative estimate of drug-likeness (QED) is 0.861. The zero-order valence-corrected chi connectivity index (χ0v) is 13.3. The van der Waals surface area contributed by atoms with Gasteiger partial charge in [-0.15, -0.1) is 11.3 Å². The summed E-state index contributed by atoms with van der Waals surface area (Å²) in [4.78, 5) is 13.5. The van der Waals surface area contributed by atoms with Crippen LogP contribution in [-0.4, -0.2) is 29.7 Å². The average Bonchev–Trinajstić information content (AvgIpc) is 3.09. The molecule has 5 heteroatoms. The molecule has 0 bridgehead atoms. The first kappa shape index (κ1) is 14.7. The third kappa shape index (κ3) is 3.49. The Balaban J connectivity index is 1.54. The molecule has 1 fully saturated rings. The molecule has 1 aromatic carbocycles. The Labute approximate surface area is 129 Å². The molecule has 0 aliphatic carbocycles. The molecule has 1 atom stereocenters. The molecule has 1 unspecified atom stereocenters. The van der Waals surface area contributed by atoms with E-state index in [0.29, 0.717) is 0 Å². The summed E-state index contributed by atoms with van der Waals surface area (Å²) in [5, 5.41) is 0. The van der Waals surface area contributed by atoms with Gasteiger partial charge < -0.3 is 0 Å². The molecule has 1 aromatic heterocycles. The molecule has 4 nitrogen and oxygen atoms in total. The van der Waals surface area contributed by atoms with Crippen molar-refractivity contribution in [3.05, 3.63) is 41.0 Å². The van der Waals surface area contributed by atoms with E-state index < -0.39 is 0 Å². The van der Waals surface area contributed by atoms with Gasteiger partial charge in [-0.3, -0.25) is 9.74 Å². The molecule has 0 radical (unpaired) electrons. The van der Waals surface area contributed by atoms with E-state index in [1.54, 1.807) is 11.3 Å². The fourth-order valence-corrected chi connectivity index (χ4v) is 3.41. The molecule has 2 aromatic rings. The number of benzene rings is 1. The highest BCUT2D eigenvalue weighted by atomic mass is 32.1. The van der Waals surface area contributed by atoms with Crippen molar-refractivity contribution in [3.63, 3.8) is 0 Å². The van der Waals surface area contributed by atoms with Gasteiger partial charge in [0, 0.05) is 13.1 Å². The normalized spacial score (nSPS) is 19.2. The van der Waals surface area contributed by atoms with Crippen LogP contribution in [0.3, 0.4) is 0 Å². The Morgan fingerprint density at radius 2 is 2.19 bits per heavy atom. The topological polar surface area (TPSA) is 37.4 Å². The zero-order valence-electron chi connectivity index (χ0n) is 12.5. The van der Waals surface area contributed by atoms with E-state index in [4.69, 9.17) is 4.84 Å². The van der Waals surface area contributed by atoms with Crippen LogP contribution in [0.1, 0.15) is 24.1 Å². The Bertz CT molecular complexity index is 581. The summed E-state index contributed by atoms with van der Waals surface area (Å²) in [6, 6.07) is 8.59. The summed E-state index contributed by atoms with van der Waals surface area (Å²) < 4.78 is 0. The fourth-order valence-electron chi connectivity index (χ4n) is 2.60. The molecule has 112 valence electrons. The smallest absolute Gasteiger partial charge is 0.131 e. The van der Waals surface area contributed by atoms with E-state index >= 15 is 0 Å². The number of hydroxylamine groups is 1. The summed E-state index contributed by atoms with van der Waals surface area (Å²) >= 11 is 1.69. The SMILES string of the molecule is Cc1ncsc1-c1ccc(CNOC2CCCN2C)cc1. The van der Waals surface area contributed by atoms with Crippen molar-refractivity contribution in [2.75, 3.05) is 13.6 Å². The van der Waals surface area contributed by atoms with E-state index in [1.165, 1.54) is 22.4 Å². The third-order valence-corrected chi connectivity index (χ3v) is 4.89. The second-order valence-electron chi connectivity index (χ2n) is 5.48. The molecular formula is C16H21N3OS. The fraction of sp³-hybridized carbons (Fsp3) is 0.438. The van der Waals surface area contributed by atoms with Crippen LogP contribution in [0.15, 0.2) is 29.8 Å². The predicted octanol–water partition coefficient (Wildman–Crippen LogP) is 3.19. The van der Waals surface area contributed by atoms with E-state index in [9.17, 15) is 0 Å². The summed E-state index contributed by atoms with van der Waals surface area (Å²) in [6.07, 6.45) is 2.53. The lowest BCUT2D eigenvalue weighted by molar-refractivity contribution is -0.0861. The molecule has 3 rings (SSSR count). The monoisotopic (exact) mass is 303 g/mol. The molecule has 2 heterocycles. The van der Waals surface area contributed by atoms with Crippen molar-refractivity contribution >= 4 is 11.3 Å². The van der Waals surface area contributed by atoms with Gasteiger partial charge in [-0.05, 0) is 37.9 Å². The summed E-state index contributed by atoms with van der Waals surface area (Å²) in [6.45, 7) is 3.90. The molecule has 1 aliphatic heterocycles. The van der Waals surface area contributed by atoms with Gasteiger partial charge in [0.2, 0.25) is 0 Å². The summed E-state index contributed by atoms with van der Waals surface area (Å²) in [5.41, 5.74) is 8.53. The minimum Gasteiger partial charge on any atom is -0.282 e. The van der Waals surface area contributed by atoms with Gasteiger partial charge in [0.15, 0.2) is 0 Å². The molecule has 21 heavy (non-hydrogen) atoms. The van der Waals surface area contributed by atoms with Gasteiger partial charge in [0.1, 0.15) is 6.23 Å². The van der Waals surface area contributed by atoms with Crippen LogP contribution in [0, 0.1) is 6.92 Å². The van der Waals surface area contributed by atoms with Crippen molar-refractivity contribution in [3.8, 4) is 10.4 Å². The predicted molar refractivity (Wildman–Crippen MR) is 85.9 cm³/mol. The van der Waals surface area contributed by atoms with Gasteiger partial charge in [-0.25, -0.2) is 4.98 Å². The van der Waals surface area contributed by atoms with E-state index in [0.717, 1.165) is 25.2 Å². The maximum atomic E-state index is 5.71. The average molecular weight is 303 g/mol. The Hall–Kier alpha value is -1.27. The standard InChI is InChI=1S/C16H21N3OS/c1-12-16(21-11-17-12)14-7-5-13(6-8-14)10-18-20-15-4-3-9-19(15)2/h5-8,11,15,18H,3-4,9-10H2,1-2H3. The number of hydrogen-bond donors (Lipinski definition) is 1. The highest BCUT2D eigenvalue weighted by molar-refractivity contribution is 7.13. The first-order valence-electron chi connectivity index (χ1n) is 7.32. The maximum Gasteiger partial charge on any atom is 0.131 e. The lowest BCUT2D eigenvalue weighted by atomic mass is 10.1. The summed E-state index contributed by atoms with van der Waals surface area (Å²) in [7, 11) is 2.10. The number of likely N-dealkylation sites (tertiary alicyclic amines) is 1. The van der Waals surface area contributed by atoms with Gasteiger partial charge in [0.25, 0.3) is 0 Å². The number of nitrogens with one attached hydrogen (secondary N) is 1. The minimum absolute atomic E-state index is 0.212. The third-order valence-electron chi connectivity index (χ3n) is 3.91. The second-order valence-corrected chi connectivity index (χ2v) is 6.34. The number of nitrogens with zero attached hydrogens (tertiary/aromatic N) is 2. The van der Waals surface area contributed by atoms with Crippen LogP contribution < -0.4 is 5.48 Å². The van der Waals surface area contributed by atoms with Gasteiger partial charge in [0.05, 0.1) is 16.1 Å². The van der Waals surface area contributed by atoms with Crippen molar-refractivity contribution in [1.29, 1.82) is 0 Å². The van der Waals surface area contributed by atoms with Crippen LogP contribution in [-0.2, 0) is 11.4 Å². The summed E-state index contributed by atoms with van der Waals surface area (Å²) in [5.74, 6) is 0. The van der Waals surface area contributed by atoms with E-state index in [-0.39, 0.29) is 6.23 Å². The van der Waals surface area contributed by atoms with Gasteiger partial charge in [-0.1, -0.05) is 24.3 Å². The number of hydrogen-bond acceptors (Lipinski definition) is 5. The van der Waals surface area contributed by atoms with Crippen LogP contribution in [0.2, 0.25) is 0 Å². The molecule has 0 amide bonds. The largest absolute Gasteiger partial charge is 0.282 e. The first-order chi connectivity index (χ1) is 10.2. The maximum absolute atomic E-state index is 5.71. The van der Waals surface area contributed by atoms with Crippen molar-refractivity contribution < 1.29 is 4.84 Å². The van der Waals surface area contributed by atoms with E-state index in [1.807, 2.05) is 12.4 Å². The number of aryl methyl sites for hydroxylation is 1. The highest BCUT2D eigenvalue weighted by Gasteiger charge is 2.21. The van der Waals surface area contributed by atoms with Crippen LogP contribution in [0.25, 0.3) is 10.4 Å². The number of aromatic nitrogens is 1. The lowest BCUT2D eigenvalue weighted by Gasteiger charge is -2.19. The van der Waals surface area contributed by atoms with Crippen molar-refractivity contribution in [1.82, 2.24) is 15.4 Å². The number of thiazole rings is 1. The van der Waals surface area contributed by atoms with Crippen molar-refractivity contribution in [2.45, 2.75) is 32.5 Å². The number of rotatable bonds is 5. The van der Waals surface area contributed by atoms with Gasteiger partial charge in [-0.2, -0.15) is 5.48 Å². The lowest BCUT2D eigenvalue weighted by Crippen LogP contribution is -2.32. The molecule has 1 N–H and O–H groups in total. The van der Waals surface area contributed by atoms with Gasteiger partial charge >= 0.3 is 0 Å².